The molecule has 0 amide bonds. The number of fused-ring (bicyclic) bond motifs is 1. The summed E-state index contributed by atoms with van der Waals surface area (Å²) >= 11 is 0. The fourth-order valence-corrected chi connectivity index (χ4v) is 6.59. The number of carbonyl (C=O) groups excluding carboxylic acids is 7. The van der Waals surface area contributed by atoms with Crippen LogP contribution in [0.25, 0.3) is 6.08 Å². The third-order valence-electron chi connectivity index (χ3n) is 8.78. The quantitative estimate of drug-likeness (QED) is 0.127. The molecule has 3 aliphatic rings. The molecule has 0 radical (unpaired) electrons. The van der Waals surface area contributed by atoms with Gasteiger partial charge in [0.05, 0.1) is 19.3 Å². The highest BCUT2D eigenvalue weighted by molar-refractivity contribution is 5.91. The van der Waals surface area contributed by atoms with Crippen molar-refractivity contribution in [2.75, 3.05) is 13.7 Å². The van der Waals surface area contributed by atoms with Gasteiger partial charge in [0.25, 0.3) is 0 Å². The normalized spacial score (nSPS) is 31.1. The number of rotatable bonds is 12. The molecule has 300 valence electrons. The number of esters is 7. The first-order chi connectivity index (χ1) is 25.8. The zero-order chi connectivity index (χ0) is 40.8. The van der Waals surface area contributed by atoms with Gasteiger partial charge in [-0.15, -0.1) is 0 Å². The predicted octanol–water partition coefficient (Wildman–Crippen LogP) is 0.552. The van der Waals surface area contributed by atoms with E-state index < -0.39 is 121 Å². The van der Waals surface area contributed by atoms with Crippen LogP contribution in [0.5, 0.6) is 5.75 Å². The minimum Gasteiger partial charge on any atom is -0.471 e. The van der Waals surface area contributed by atoms with E-state index in [1.165, 1.54) is 32.1 Å². The van der Waals surface area contributed by atoms with Gasteiger partial charge in [0.2, 0.25) is 12.6 Å². The molecule has 55 heavy (non-hydrogen) atoms. The van der Waals surface area contributed by atoms with E-state index in [0.29, 0.717) is 5.56 Å². The van der Waals surface area contributed by atoms with Crippen LogP contribution in [0.4, 0.5) is 0 Å². The molecule has 1 saturated carbocycles. The first-order valence-corrected chi connectivity index (χ1v) is 16.8. The Bertz CT molecular complexity index is 1710. The zero-order valence-electron chi connectivity index (χ0n) is 30.9. The van der Waals surface area contributed by atoms with Gasteiger partial charge in [0.15, 0.2) is 18.3 Å². The Morgan fingerprint density at radius 2 is 1.40 bits per heavy atom. The van der Waals surface area contributed by atoms with Crippen LogP contribution < -0.4 is 4.74 Å². The summed E-state index contributed by atoms with van der Waals surface area (Å²) in [4.78, 5) is 85.6. The summed E-state index contributed by atoms with van der Waals surface area (Å²) in [6, 6.07) is 6.12. The van der Waals surface area contributed by atoms with Crippen molar-refractivity contribution in [3.63, 3.8) is 0 Å². The van der Waals surface area contributed by atoms with E-state index >= 15 is 0 Å². The first-order valence-electron chi connectivity index (χ1n) is 16.8. The van der Waals surface area contributed by atoms with Crippen LogP contribution in [0.1, 0.15) is 53.5 Å². The van der Waals surface area contributed by atoms with Gasteiger partial charge in [-0.3, -0.25) is 24.0 Å². The summed E-state index contributed by atoms with van der Waals surface area (Å²) < 4.78 is 54.6. The molecule has 0 spiro atoms. The van der Waals surface area contributed by atoms with Gasteiger partial charge in [-0.05, 0) is 30.7 Å². The molecular formula is C36H42O19. The summed E-state index contributed by atoms with van der Waals surface area (Å²) in [6.07, 6.45) is -8.76. The first kappa shape index (κ1) is 42.4. The van der Waals surface area contributed by atoms with Crippen LogP contribution >= 0.6 is 0 Å². The van der Waals surface area contributed by atoms with Crippen LogP contribution in [0.2, 0.25) is 0 Å². The molecule has 1 aromatic rings. The second kappa shape index (κ2) is 17.4. The number of hydrogen-bond donors (Lipinski definition) is 2. The third-order valence-corrected chi connectivity index (χ3v) is 8.78. The minimum absolute atomic E-state index is 0.280. The highest BCUT2D eigenvalue weighted by atomic mass is 16.8. The maximum atomic E-state index is 13.1. The molecular weight excluding hydrogens is 736 g/mol. The molecule has 0 unspecified atom stereocenters. The summed E-state index contributed by atoms with van der Waals surface area (Å²) in [7, 11) is 1.04. The van der Waals surface area contributed by atoms with Crippen LogP contribution in [0, 0.1) is 5.92 Å². The Morgan fingerprint density at radius 1 is 0.800 bits per heavy atom. The van der Waals surface area contributed by atoms with Gasteiger partial charge in [-0.25, -0.2) is 9.59 Å². The second-order valence-electron chi connectivity index (χ2n) is 13.0. The molecule has 1 aromatic carbocycles. The third kappa shape index (κ3) is 10.0. The molecule has 2 heterocycles. The maximum absolute atomic E-state index is 13.1. The van der Waals surface area contributed by atoms with Crippen LogP contribution in [-0.2, 0) is 76.2 Å². The molecule has 0 aromatic heterocycles. The summed E-state index contributed by atoms with van der Waals surface area (Å²) in [5.74, 6) is -7.39. The Hall–Kier alpha value is -5.37. The summed E-state index contributed by atoms with van der Waals surface area (Å²) in [6.45, 7) is 6.04. The fraction of sp³-hybridized carbons (Fsp3) is 0.528. The van der Waals surface area contributed by atoms with Crippen molar-refractivity contribution in [3.05, 3.63) is 47.7 Å². The van der Waals surface area contributed by atoms with Crippen LogP contribution in [0.15, 0.2) is 42.2 Å². The van der Waals surface area contributed by atoms with E-state index in [1.54, 1.807) is 12.1 Å². The van der Waals surface area contributed by atoms with Gasteiger partial charge in [-0.2, -0.15) is 0 Å². The second-order valence-corrected chi connectivity index (χ2v) is 13.0. The molecule has 19 heteroatoms. The molecule has 10 atom stereocenters. The summed E-state index contributed by atoms with van der Waals surface area (Å²) in [5, 5.41) is 24.2. The largest absolute Gasteiger partial charge is 0.471 e. The Morgan fingerprint density at radius 3 is 1.96 bits per heavy atom. The Balaban J connectivity index is 1.68. The SMILES string of the molecule is COC(=O)C1=CO[C@@H](O[C@@H]2O[C@H](COC(C)=O)[C@@H](OC(C)=O)[C@H](OC(C)=O)[C@H]2OC(C)=O)[C@@H]2[C@@](C)(O)[C@@H](OC(=O)/C=C/c3ccc(OC(C)=O)cc3)C[C@]12O. The van der Waals surface area contributed by atoms with E-state index in [-0.39, 0.29) is 5.75 Å². The highest BCUT2D eigenvalue weighted by Crippen LogP contribution is 2.53. The van der Waals surface area contributed by atoms with Crippen molar-refractivity contribution in [1.29, 1.82) is 0 Å². The Kier molecular flexibility index (Phi) is 13.4. The van der Waals surface area contributed by atoms with Crippen molar-refractivity contribution in [2.45, 2.75) is 102 Å². The monoisotopic (exact) mass is 778 g/mol. The fourth-order valence-electron chi connectivity index (χ4n) is 6.59. The van der Waals surface area contributed by atoms with E-state index in [2.05, 4.69) is 0 Å². The number of methoxy groups -OCH3 is 1. The number of carbonyl (C=O) groups is 7. The van der Waals surface area contributed by atoms with Crippen LogP contribution in [0.3, 0.4) is 0 Å². The van der Waals surface area contributed by atoms with Crippen molar-refractivity contribution < 1.29 is 91.1 Å². The molecule has 1 aliphatic carbocycles. The molecule has 19 nitrogen and oxygen atoms in total. The van der Waals surface area contributed by atoms with Gasteiger partial charge in [-0.1, -0.05) is 12.1 Å². The molecule has 2 N–H and O–H groups in total. The van der Waals surface area contributed by atoms with E-state index in [1.807, 2.05) is 0 Å². The predicted molar refractivity (Wildman–Crippen MR) is 178 cm³/mol. The molecule has 4 rings (SSSR count). The Labute approximate surface area is 314 Å². The summed E-state index contributed by atoms with van der Waals surface area (Å²) in [5.41, 5.74) is -4.57. The van der Waals surface area contributed by atoms with E-state index in [4.69, 9.17) is 47.4 Å². The number of aliphatic hydroxyl groups is 2. The lowest BCUT2D eigenvalue weighted by Crippen LogP contribution is -2.65. The van der Waals surface area contributed by atoms with Crippen molar-refractivity contribution in [2.24, 2.45) is 5.92 Å². The van der Waals surface area contributed by atoms with Gasteiger partial charge < -0.3 is 57.6 Å². The lowest BCUT2D eigenvalue weighted by atomic mass is 9.77. The van der Waals surface area contributed by atoms with Crippen molar-refractivity contribution in [3.8, 4) is 5.75 Å². The minimum atomic E-state index is -2.36. The number of benzene rings is 1. The smallest absolute Gasteiger partial charge is 0.339 e. The van der Waals surface area contributed by atoms with Crippen molar-refractivity contribution >= 4 is 47.9 Å². The average Bonchev–Trinajstić information content (AvgIpc) is 3.29. The van der Waals surface area contributed by atoms with Gasteiger partial charge >= 0.3 is 41.8 Å². The van der Waals surface area contributed by atoms with E-state index in [0.717, 1.165) is 47.1 Å². The van der Waals surface area contributed by atoms with Crippen molar-refractivity contribution in [1.82, 2.24) is 0 Å². The molecule has 1 saturated heterocycles. The van der Waals surface area contributed by atoms with Crippen LogP contribution in [-0.4, -0.2) is 120 Å². The zero-order valence-corrected chi connectivity index (χ0v) is 30.9. The number of hydrogen-bond acceptors (Lipinski definition) is 19. The molecule has 2 aliphatic heterocycles. The molecule has 0 bridgehead atoms. The average molecular weight is 779 g/mol. The van der Waals surface area contributed by atoms with Gasteiger partial charge in [0.1, 0.15) is 41.3 Å². The molecule has 2 fully saturated rings. The van der Waals surface area contributed by atoms with E-state index in [9.17, 15) is 43.8 Å². The number of ether oxygens (including phenoxy) is 10. The maximum Gasteiger partial charge on any atom is 0.339 e. The lowest BCUT2D eigenvalue weighted by molar-refractivity contribution is -0.353. The van der Waals surface area contributed by atoms with Gasteiger partial charge in [0, 0.05) is 47.1 Å². The topological polar surface area (TPSA) is 252 Å². The highest BCUT2D eigenvalue weighted by Gasteiger charge is 2.69. The standard InChI is InChI=1S/C36H42O19/c1-17(37)47-16-25-28(50-19(3)39)29(51-20(4)40)30(52-21(5)41)33(53-25)55-34-31-35(6,44)26(14-36(31,45)24(15-48-34)32(43)46-7)54-27(42)13-10-22-8-11-23(12-9-22)49-18(2)38/h8-13,15,25-26,28-31,33-34,44-45H,14,16H2,1-7H3/b13-10+/t25-,26+,28-,29+,30-,31-,33+,34+,35+,36+/m1/s1. The lowest BCUT2D eigenvalue weighted by Gasteiger charge is -2.47.